The van der Waals surface area contributed by atoms with Gasteiger partial charge in [-0.1, -0.05) is 36.3 Å². The molecule has 1 aliphatic rings. The van der Waals surface area contributed by atoms with Gasteiger partial charge in [0.1, 0.15) is 11.4 Å². The highest BCUT2D eigenvalue weighted by Crippen LogP contribution is 2.27. The van der Waals surface area contributed by atoms with Crippen LogP contribution in [0.15, 0.2) is 65.5 Å². The summed E-state index contributed by atoms with van der Waals surface area (Å²) < 4.78 is 3.13. The van der Waals surface area contributed by atoms with Gasteiger partial charge in [-0.25, -0.2) is 4.68 Å². The quantitative estimate of drug-likeness (QED) is 0.414. The molecule has 2 aromatic heterocycles. The van der Waals surface area contributed by atoms with Crippen LogP contribution in [0, 0.1) is 12.3 Å². The Balaban J connectivity index is 1.63. The number of nitrogens with zero attached hydrogens (tertiary/aromatic N) is 3. The third-order valence-corrected chi connectivity index (χ3v) is 5.83. The summed E-state index contributed by atoms with van der Waals surface area (Å²) in [7, 11) is 0. The van der Waals surface area contributed by atoms with Crippen LogP contribution in [0.1, 0.15) is 34.6 Å². The molecule has 34 heavy (non-hydrogen) atoms. The summed E-state index contributed by atoms with van der Waals surface area (Å²) in [6, 6.07) is 16.0. The molecule has 0 fully saturated rings. The minimum atomic E-state index is -0.534. The number of nitrogen functional groups attached to an aromatic ring is 1. The Bertz CT molecular complexity index is 1560. The number of carbonyl (C=O) groups is 1. The summed E-state index contributed by atoms with van der Waals surface area (Å²) in [5.74, 6) is 2.87. The van der Waals surface area contributed by atoms with Crippen LogP contribution in [-0.2, 0) is 0 Å². The van der Waals surface area contributed by atoms with E-state index in [0.717, 1.165) is 0 Å². The summed E-state index contributed by atoms with van der Waals surface area (Å²) in [6.45, 7) is 2.39. The normalized spacial score (nSPS) is 13.1. The smallest absolute Gasteiger partial charge is 0.264 e. The van der Waals surface area contributed by atoms with Gasteiger partial charge in [0.05, 0.1) is 11.4 Å². The minimum absolute atomic E-state index is 0.122. The fourth-order valence-electron chi connectivity index (χ4n) is 4.27. The van der Waals surface area contributed by atoms with E-state index in [1.807, 2.05) is 61.5 Å². The number of amides is 1. The van der Waals surface area contributed by atoms with Crippen molar-refractivity contribution in [1.82, 2.24) is 19.7 Å². The first-order chi connectivity index (χ1) is 16.5. The molecule has 1 aliphatic heterocycles. The molecule has 168 valence electrons. The number of nitrogens with two attached hydrogens (primary N) is 1. The van der Waals surface area contributed by atoms with Gasteiger partial charge in [-0.15, -0.1) is 11.5 Å². The van der Waals surface area contributed by atoms with Gasteiger partial charge in [0.25, 0.3) is 11.5 Å². The second kappa shape index (κ2) is 8.30. The van der Waals surface area contributed by atoms with E-state index in [0.29, 0.717) is 40.1 Å². The van der Waals surface area contributed by atoms with Gasteiger partial charge in [-0.3, -0.25) is 14.2 Å². The zero-order chi connectivity index (χ0) is 23.8. The van der Waals surface area contributed by atoms with Gasteiger partial charge in [0.2, 0.25) is 0 Å². The first kappa shape index (κ1) is 21.1. The third-order valence-electron chi connectivity index (χ3n) is 5.83. The van der Waals surface area contributed by atoms with Crippen molar-refractivity contribution >= 4 is 34.5 Å². The maximum Gasteiger partial charge on any atom is 0.264 e. The Morgan fingerprint density at radius 2 is 2.03 bits per heavy atom. The van der Waals surface area contributed by atoms with Crippen LogP contribution in [-0.4, -0.2) is 26.8 Å². The van der Waals surface area contributed by atoms with Gasteiger partial charge in [-0.05, 0) is 42.7 Å². The molecule has 0 bridgehead atoms. The zero-order valence-corrected chi connectivity index (χ0v) is 18.4. The number of pyridine rings is 1. The van der Waals surface area contributed by atoms with Crippen LogP contribution >= 0.6 is 0 Å². The van der Waals surface area contributed by atoms with E-state index in [4.69, 9.17) is 12.2 Å². The largest absolute Gasteiger partial charge is 0.381 e. The van der Waals surface area contributed by atoms with Crippen molar-refractivity contribution in [3.8, 4) is 18.0 Å². The van der Waals surface area contributed by atoms with E-state index in [2.05, 4.69) is 21.7 Å². The summed E-state index contributed by atoms with van der Waals surface area (Å²) in [5, 5.41) is 11.5. The topological polar surface area (TPSA) is 107 Å². The molecule has 1 unspecified atom stereocenters. The van der Waals surface area contributed by atoms with E-state index < -0.39 is 11.9 Å². The van der Waals surface area contributed by atoms with Crippen molar-refractivity contribution < 1.29 is 4.79 Å². The first-order valence-electron chi connectivity index (χ1n) is 10.8. The molecule has 4 N–H and O–H groups in total. The van der Waals surface area contributed by atoms with Crippen LogP contribution in [0.5, 0.6) is 0 Å². The molecular formula is C26H22N6O2. The van der Waals surface area contributed by atoms with E-state index in [1.165, 1.54) is 4.68 Å². The van der Waals surface area contributed by atoms with E-state index >= 15 is 0 Å². The summed E-state index contributed by atoms with van der Waals surface area (Å²) in [4.78, 5) is 27.0. The van der Waals surface area contributed by atoms with Gasteiger partial charge in [0.15, 0.2) is 5.82 Å². The fraction of sp³-hybridized carbons (Fsp3) is 0.115. The first-order valence-corrected chi connectivity index (χ1v) is 10.8. The Morgan fingerprint density at radius 3 is 2.79 bits per heavy atom. The molecule has 1 atom stereocenters. The Labute approximate surface area is 195 Å². The predicted molar refractivity (Wildman–Crippen MR) is 134 cm³/mol. The number of aromatic nitrogens is 3. The number of para-hydroxylation sites is 1. The van der Waals surface area contributed by atoms with Gasteiger partial charge in [0, 0.05) is 29.7 Å². The summed E-state index contributed by atoms with van der Waals surface area (Å²) in [5.41, 5.74) is 7.87. The lowest BCUT2D eigenvalue weighted by molar-refractivity contribution is 0.0940. The lowest BCUT2D eigenvalue weighted by Crippen LogP contribution is -2.32. The molecule has 0 radical (unpaired) electrons. The Hall–Kier alpha value is -4.77. The van der Waals surface area contributed by atoms with Crippen LogP contribution in [0.3, 0.4) is 0 Å². The van der Waals surface area contributed by atoms with E-state index in [1.54, 1.807) is 16.8 Å². The minimum Gasteiger partial charge on any atom is -0.381 e. The molecule has 0 saturated carbocycles. The SMILES string of the molecule is C#Cc1cccc2cc(C(C)NC(=O)c3c(N)nn4c3NCC=C4)n(-c3ccccc3)c(=O)c12. The number of hydrogen-bond donors (Lipinski definition) is 3. The number of anilines is 2. The third kappa shape index (κ3) is 3.40. The lowest BCUT2D eigenvalue weighted by atomic mass is 10.0. The number of rotatable bonds is 4. The Morgan fingerprint density at radius 1 is 1.24 bits per heavy atom. The van der Waals surface area contributed by atoms with Gasteiger partial charge < -0.3 is 16.4 Å². The van der Waals surface area contributed by atoms with E-state index in [9.17, 15) is 9.59 Å². The molecule has 3 heterocycles. The molecular weight excluding hydrogens is 428 g/mol. The number of hydrogen-bond acceptors (Lipinski definition) is 5. The Kier molecular flexibility index (Phi) is 5.15. The number of terminal acetylenes is 1. The molecule has 0 spiro atoms. The van der Waals surface area contributed by atoms with Crippen molar-refractivity contribution in [2.45, 2.75) is 13.0 Å². The van der Waals surface area contributed by atoms with Crippen molar-refractivity contribution in [2.24, 2.45) is 0 Å². The fourth-order valence-corrected chi connectivity index (χ4v) is 4.27. The molecule has 4 aromatic rings. The maximum atomic E-state index is 13.7. The maximum absolute atomic E-state index is 13.7. The molecule has 2 aromatic carbocycles. The highest BCUT2D eigenvalue weighted by atomic mass is 16.2. The predicted octanol–water partition coefficient (Wildman–Crippen LogP) is 3.14. The van der Waals surface area contributed by atoms with Crippen LogP contribution < -0.4 is 21.9 Å². The van der Waals surface area contributed by atoms with Crippen molar-refractivity contribution in [3.63, 3.8) is 0 Å². The van der Waals surface area contributed by atoms with Crippen molar-refractivity contribution in [3.05, 3.63) is 87.8 Å². The molecule has 5 rings (SSSR count). The number of benzene rings is 2. The van der Waals surface area contributed by atoms with Crippen LogP contribution in [0.4, 0.5) is 11.6 Å². The van der Waals surface area contributed by atoms with E-state index in [-0.39, 0.29) is 16.9 Å². The number of fused-ring (bicyclic) bond motifs is 2. The standard InChI is InChI=1S/C26H22N6O2/c1-3-17-9-7-10-18-15-20(32(26(34)21(17)18)19-11-5-4-6-12-19)16(2)29-25(33)22-23(27)30-31-14-8-13-28-24(22)31/h1,4-12,14-16,28H,13H2,2H3,(H2,27,30)(H,29,33). The van der Waals surface area contributed by atoms with Crippen LogP contribution in [0.25, 0.3) is 22.7 Å². The zero-order valence-electron chi connectivity index (χ0n) is 18.4. The van der Waals surface area contributed by atoms with Gasteiger partial charge in [-0.2, -0.15) is 0 Å². The second-order valence-corrected chi connectivity index (χ2v) is 7.97. The average molecular weight is 451 g/mol. The average Bonchev–Trinajstić information content (AvgIpc) is 3.19. The van der Waals surface area contributed by atoms with Crippen molar-refractivity contribution in [2.75, 3.05) is 17.6 Å². The summed E-state index contributed by atoms with van der Waals surface area (Å²) >= 11 is 0. The monoisotopic (exact) mass is 450 g/mol. The molecule has 8 nitrogen and oxygen atoms in total. The number of nitrogens with one attached hydrogen (secondary N) is 2. The number of carbonyl (C=O) groups excluding carboxylic acids is 1. The summed E-state index contributed by atoms with van der Waals surface area (Å²) in [6.07, 6.45) is 9.30. The van der Waals surface area contributed by atoms with Crippen molar-refractivity contribution in [1.29, 1.82) is 0 Å². The highest BCUT2D eigenvalue weighted by Gasteiger charge is 2.26. The van der Waals surface area contributed by atoms with Gasteiger partial charge >= 0.3 is 0 Å². The molecule has 1 amide bonds. The molecule has 0 saturated heterocycles. The molecule has 8 heteroatoms. The lowest BCUT2D eigenvalue weighted by Gasteiger charge is -2.21. The second-order valence-electron chi connectivity index (χ2n) is 7.97. The van der Waals surface area contributed by atoms with Crippen LogP contribution in [0.2, 0.25) is 0 Å². The highest BCUT2D eigenvalue weighted by molar-refractivity contribution is 6.04. The molecule has 0 aliphatic carbocycles.